The van der Waals surface area contributed by atoms with Crippen LogP contribution in [0.2, 0.25) is 0 Å². The number of fused-ring (bicyclic) bond motifs is 1. The van der Waals surface area contributed by atoms with Crippen LogP contribution >= 0.6 is 22.6 Å². The van der Waals surface area contributed by atoms with Crippen LogP contribution < -0.4 is 9.30 Å². The number of amides is 1. The van der Waals surface area contributed by atoms with Gasteiger partial charge in [-0.1, -0.05) is 38.6 Å². The van der Waals surface area contributed by atoms with Crippen molar-refractivity contribution in [2.75, 3.05) is 19.8 Å². The minimum absolute atomic E-state index is 0.00369. The molecule has 1 saturated heterocycles. The third-order valence-corrected chi connectivity index (χ3v) is 8.31. The summed E-state index contributed by atoms with van der Waals surface area (Å²) in [5, 5.41) is 0. The highest BCUT2D eigenvalue weighted by Crippen LogP contribution is 2.49. The Labute approximate surface area is 253 Å². The molecular formula is C30H35IN3O7+. The zero-order valence-corrected chi connectivity index (χ0v) is 25.6. The second-order valence-corrected chi connectivity index (χ2v) is 11.3. The van der Waals surface area contributed by atoms with Crippen LogP contribution in [0.15, 0.2) is 73.5 Å². The van der Waals surface area contributed by atoms with E-state index in [4.69, 9.17) is 19.2 Å². The van der Waals surface area contributed by atoms with Crippen LogP contribution in [-0.4, -0.2) is 53.2 Å². The lowest BCUT2D eigenvalue weighted by atomic mass is 9.74. The van der Waals surface area contributed by atoms with Crippen LogP contribution in [-0.2, 0) is 48.9 Å². The predicted molar refractivity (Wildman–Crippen MR) is 157 cm³/mol. The van der Waals surface area contributed by atoms with E-state index in [0.29, 0.717) is 11.3 Å². The first-order chi connectivity index (χ1) is 19.7. The van der Waals surface area contributed by atoms with Gasteiger partial charge in [0.25, 0.3) is 0 Å². The van der Waals surface area contributed by atoms with Gasteiger partial charge < -0.3 is 14.4 Å². The van der Waals surface area contributed by atoms with Gasteiger partial charge in [-0.3, -0.25) is 9.68 Å². The van der Waals surface area contributed by atoms with Crippen LogP contribution in [0.4, 0.5) is 0 Å². The second-order valence-electron chi connectivity index (χ2n) is 10.2. The van der Waals surface area contributed by atoms with Crippen LogP contribution in [0.3, 0.4) is 0 Å². The molecule has 2 aliphatic rings. The molecule has 1 fully saturated rings. The molecule has 0 spiro atoms. The number of imidazole rings is 1. The van der Waals surface area contributed by atoms with Crippen molar-refractivity contribution in [1.29, 1.82) is 0 Å². The first-order valence-electron chi connectivity index (χ1n) is 13.4. The summed E-state index contributed by atoms with van der Waals surface area (Å²) in [6.07, 6.45) is 9.78. The quantitative estimate of drug-likeness (QED) is 0.0443. The molecule has 11 heteroatoms. The molecule has 0 aliphatic carbocycles. The van der Waals surface area contributed by atoms with E-state index in [9.17, 15) is 14.4 Å². The number of esters is 1. The molecule has 218 valence electrons. The minimum Gasteiger partial charge on any atom is -0.488 e. The van der Waals surface area contributed by atoms with E-state index in [-0.39, 0.29) is 37.3 Å². The number of β-lactam (4-membered cyclic amide) rings is 1. The Kier molecular flexibility index (Phi) is 10.0. The number of aryl methyl sites for hydroxylation is 3. The Morgan fingerprint density at radius 2 is 1.98 bits per heavy atom. The molecule has 41 heavy (non-hydrogen) atoms. The van der Waals surface area contributed by atoms with Crippen molar-refractivity contribution in [3.05, 3.63) is 82.6 Å². The Morgan fingerprint density at radius 3 is 2.66 bits per heavy atom. The molecule has 4 atom stereocenters. The summed E-state index contributed by atoms with van der Waals surface area (Å²) in [4.78, 5) is 50.1. The summed E-state index contributed by atoms with van der Waals surface area (Å²) in [6, 6.07) is 5.66. The summed E-state index contributed by atoms with van der Waals surface area (Å²) in [5.74, 6) is -2.65. The Balaban J connectivity index is 1.52. The van der Waals surface area contributed by atoms with Crippen molar-refractivity contribution >= 4 is 40.4 Å². The standard InChI is InChI=1S/C30H35IN3O7/c1-6-14-38-30(37)27-22(19(3)26-25(28(35)34(26)27)20(4)29(36)41-40-15-7-2)17-39-24-16-21(8-9-23(24)31)10-11-33-13-12-32(5)18-33/h6-9,12-13,16,18-20,25-26H,1-2,10-11,14-15,17H2,3-5H3/q+1. The number of carbonyl (C=O) groups is 3. The average Bonchev–Trinajstić information content (AvgIpc) is 3.48. The first-order valence-corrected chi connectivity index (χ1v) is 14.5. The lowest BCUT2D eigenvalue weighted by molar-refractivity contribution is -0.671. The SMILES string of the molecule is C=CCOOC(=O)C(C)C1C(=O)N2C(C(=O)OCC=C)=C(COc3cc(CCn4cc[n+](C)c4)ccc3I)C(C)C12. The fraction of sp³-hybridized carbons (Fsp3) is 0.400. The number of aromatic nitrogens is 2. The van der Waals surface area contributed by atoms with Crippen molar-refractivity contribution in [2.45, 2.75) is 32.9 Å². The highest BCUT2D eigenvalue weighted by Gasteiger charge is 2.61. The number of benzene rings is 1. The Morgan fingerprint density at radius 1 is 1.22 bits per heavy atom. The van der Waals surface area contributed by atoms with Gasteiger partial charge in [0.2, 0.25) is 12.2 Å². The third kappa shape index (κ3) is 6.56. The number of carbonyl (C=O) groups excluding carboxylic acids is 3. The smallest absolute Gasteiger partial charge is 0.355 e. The van der Waals surface area contributed by atoms with E-state index in [2.05, 4.69) is 46.4 Å². The van der Waals surface area contributed by atoms with Crippen molar-refractivity contribution in [2.24, 2.45) is 24.8 Å². The summed E-state index contributed by atoms with van der Waals surface area (Å²) in [7, 11) is 1.98. The maximum atomic E-state index is 13.3. The Bertz CT molecular complexity index is 1370. The molecule has 10 nitrogen and oxygen atoms in total. The number of halogens is 1. The van der Waals surface area contributed by atoms with Crippen molar-refractivity contribution in [3.63, 3.8) is 0 Å². The molecule has 0 bridgehead atoms. The average molecular weight is 677 g/mol. The number of ether oxygens (including phenoxy) is 2. The molecule has 4 unspecified atom stereocenters. The van der Waals surface area contributed by atoms with E-state index in [1.807, 2.05) is 49.4 Å². The van der Waals surface area contributed by atoms with Gasteiger partial charge in [0, 0.05) is 17.9 Å². The van der Waals surface area contributed by atoms with Gasteiger partial charge in [-0.15, -0.1) is 6.58 Å². The van der Waals surface area contributed by atoms with Crippen LogP contribution in [0.5, 0.6) is 5.75 Å². The molecule has 3 heterocycles. The normalized spacial score (nSPS) is 20.2. The van der Waals surface area contributed by atoms with Crippen molar-refractivity contribution < 1.29 is 38.2 Å². The maximum Gasteiger partial charge on any atom is 0.355 e. The van der Waals surface area contributed by atoms with Gasteiger partial charge in [-0.05, 0) is 40.3 Å². The van der Waals surface area contributed by atoms with Gasteiger partial charge in [-0.25, -0.2) is 18.7 Å². The molecule has 2 aliphatic heterocycles. The molecule has 0 saturated carbocycles. The highest BCUT2D eigenvalue weighted by molar-refractivity contribution is 14.1. The lowest BCUT2D eigenvalue weighted by Gasteiger charge is -2.47. The third-order valence-electron chi connectivity index (χ3n) is 7.42. The van der Waals surface area contributed by atoms with E-state index >= 15 is 0 Å². The van der Waals surface area contributed by atoms with Crippen LogP contribution in [0.25, 0.3) is 0 Å². The first kappa shape index (κ1) is 30.5. The van der Waals surface area contributed by atoms with Gasteiger partial charge in [0.15, 0.2) is 0 Å². The second kappa shape index (κ2) is 13.5. The molecule has 0 N–H and O–H groups in total. The number of rotatable bonds is 14. The van der Waals surface area contributed by atoms with Crippen LogP contribution in [0, 0.1) is 21.3 Å². The van der Waals surface area contributed by atoms with E-state index in [1.165, 1.54) is 17.1 Å². The van der Waals surface area contributed by atoms with E-state index < -0.39 is 29.8 Å². The molecule has 1 aromatic carbocycles. The zero-order valence-electron chi connectivity index (χ0n) is 23.5. The summed E-state index contributed by atoms with van der Waals surface area (Å²) < 4.78 is 16.7. The molecule has 1 aromatic heterocycles. The number of hydrogen-bond donors (Lipinski definition) is 0. The molecule has 0 radical (unpaired) electrons. The van der Waals surface area contributed by atoms with Gasteiger partial charge in [0.1, 0.15) is 43.7 Å². The number of nitrogens with zero attached hydrogens (tertiary/aromatic N) is 3. The molecule has 2 aromatic rings. The fourth-order valence-electron chi connectivity index (χ4n) is 5.27. The molecule has 4 rings (SSSR count). The zero-order chi connectivity index (χ0) is 29.7. The van der Waals surface area contributed by atoms with Gasteiger partial charge >= 0.3 is 11.9 Å². The van der Waals surface area contributed by atoms with E-state index in [1.54, 1.807) is 6.92 Å². The summed E-state index contributed by atoms with van der Waals surface area (Å²) >= 11 is 2.22. The van der Waals surface area contributed by atoms with Crippen molar-refractivity contribution in [3.8, 4) is 5.75 Å². The molecular weight excluding hydrogens is 641 g/mol. The maximum absolute atomic E-state index is 13.3. The summed E-state index contributed by atoms with van der Waals surface area (Å²) in [6.45, 7) is 11.6. The molecule has 1 amide bonds. The topological polar surface area (TPSA) is 100 Å². The number of hydrogen-bond acceptors (Lipinski definition) is 7. The van der Waals surface area contributed by atoms with Gasteiger partial charge in [0.05, 0.1) is 35.0 Å². The largest absolute Gasteiger partial charge is 0.488 e. The summed E-state index contributed by atoms with van der Waals surface area (Å²) in [5.41, 5.74) is 1.92. The van der Waals surface area contributed by atoms with Gasteiger partial charge in [-0.2, -0.15) is 4.89 Å². The van der Waals surface area contributed by atoms with Crippen molar-refractivity contribution in [1.82, 2.24) is 9.47 Å². The highest BCUT2D eigenvalue weighted by atomic mass is 127. The van der Waals surface area contributed by atoms with E-state index in [0.717, 1.165) is 22.1 Å². The lowest BCUT2D eigenvalue weighted by Crippen LogP contribution is -2.63. The Hall–Kier alpha value is -3.45. The minimum atomic E-state index is -0.776. The predicted octanol–water partition coefficient (Wildman–Crippen LogP) is 3.30. The van der Waals surface area contributed by atoms with Crippen LogP contribution in [0.1, 0.15) is 19.4 Å². The fourth-order valence-corrected chi connectivity index (χ4v) is 5.76. The monoisotopic (exact) mass is 676 g/mol.